The van der Waals surface area contributed by atoms with Gasteiger partial charge in [-0.2, -0.15) is 0 Å². The summed E-state index contributed by atoms with van der Waals surface area (Å²) in [6.07, 6.45) is 8.23. The molecule has 5 rings (SSSR count). The van der Waals surface area contributed by atoms with E-state index >= 15 is 0 Å². The molecule has 4 aliphatic carbocycles. The van der Waals surface area contributed by atoms with Gasteiger partial charge in [0.2, 0.25) is 11.8 Å². The molecule has 5 nitrogen and oxygen atoms in total. The minimum absolute atomic E-state index is 0.0650. The fourth-order valence-corrected chi connectivity index (χ4v) is 6.62. The van der Waals surface area contributed by atoms with Crippen molar-refractivity contribution in [2.24, 2.45) is 17.8 Å². The smallest absolute Gasteiger partial charge is 0.230 e. The quantitative estimate of drug-likeness (QED) is 0.728. The molecule has 2 atom stereocenters. The third kappa shape index (κ3) is 3.38. The number of carbonyl (C=O) groups is 2. The van der Waals surface area contributed by atoms with Gasteiger partial charge < -0.3 is 10.6 Å². The third-order valence-electron chi connectivity index (χ3n) is 6.04. The zero-order chi connectivity index (χ0) is 16.0. The van der Waals surface area contributed by atoms with Crippen molar-refractivity contribution in [2.45, 2.75) is 68.9 Å². The highest BCUT2D eigenvalue weighted by Gasteiger charge is 2.51. The predicted molar refractivity (Wildman–Crippen MR) is 90.6 cm³/mol. The molecule has 1 aliphatic heterocycles. The van der Waals surface area contributed by atoms with Crippen molar-refractivity contribution in [3.63, 3.8) is 0 Å². The van der Waals surface area contributed by atoms with E-state index < -0.39 is 0 Å². The van der Waals surface area contributed by atoms with Crippen LogP contribution in [0.2, 0.25) is 0 Å². The van der Waals surface area contributed by atoms with Gasteiger partial charge in [0.1, 0.15) is 5.50 Å². The molecule has 0 aromatic rings. The number of hydrogen-bond acceptors (Lipinski definition) is 4. The summed E-state index contributed by atoms with van der Waals surface area (Å²) < 4.78 is 0. The molecule has 128 valence electrons. The lowest BCUT2D eigenvalue weighted by molar-refractivity contribution is -0.125. The Labute approximate surface area is 142 Å². The zero-order valence-corrected chi connectivity index (χ0v) is 14.6. The van der Waals surface area contributed by atoms with Crippen molar-refractivity contribution < 1.29 is 9.59 Å². The number of amides is 2. The highest BCUT2D eigenvalue weighted by molar-refractivity contribution is 8.00. The lowest BCUT2D eigenvalue weighted by atomic mass is 9.53. The molecule has 2 amide bonds. The molecule has 0 radical (unpaired) electrons. The standard InChI is InChI=1S/C17H27N3O2S/c1-10-2-14(21)19-16(18-10)23-9-15(22)20-17-6-11-3-12(7-17)5-13(4-11)8-17/h10-13,16,18H,2-9H2,1H3,(H,19,21)(H,20,22). The van der Waals surface area contributed by atoms with Gasteiger partial charge in [0.15, 0.2) is 0 Å². The van der Waals surface area contributed by atoms with Gasteiger partial charge in [-0.05, 0) is 63.2 Å². The average Bonchev–Trinajstić information content (AvgIpc) is 2.42. The van der Waals surface area contributed by atoms with Gasteiger partial charge in [-0.3, -0.25) is 14.9 Å². The first-order valence-electron chi connectivity index (χ1n) is 8.98. The monoisotopic (exact) mass is 337 g/mol. The summed E-state index contributed by atoms with van der Waals surface area (Å²) in [7, 11) is 0. The van der Waals surface area contributed by atoms with E-state index in [9.17, 15) is 9.59 Å². The summed E-state index contributed by atoms with van der Waals surface area (Å²) >= 11 is 1.49. The van der Waals surface area contributed by atoms with Crippen LogP contribution in [0, 0.1) is 17.8 Å². The minimum Gasteiger partial charge on any atom is -0.350 e. The van der Waals surface area contributed by atoms with Crippen LogP contribution in [-0.2, 0) is 9.59 Å². The number of thioether (sulfide) groups is 1. The molecule has 1 heterocycles. The summed E-state index contributed by atoms with van der Waals surface area (Å²) in [6, 6.07) is 0.174. The Morgan fingerprint density at radius 1 is 1.22 bits per heavy atom. The molecule has 4 saturated carbocycles. The molecule has 0 spiro atoms. The van der Waals surface area contributed by atoms with E-state index in [1.54, 1.807) is 0 Å². The largest absolute Gasteiger partial charge is 0.350 e. The second-order valence-electron chi connectivity index (χ2n) is 8.28. The average molecular weight is 337 g/mol. The molecule has 5 aliphatic rings. The van der Waals surface area contributed by atoms with Crippen molar-refractivity contribution in [1.29, 1.82) is 0 Å². The molecule has 2 unspecified atom stereocenters. The molecule has 4 bridgehead atoms. The van der Waals surface area contributed by atoms with Crippen LogP contribution in [0.25, 0.3) is 0 Å². The summed E-state index contributed by atoms with van der Waals surface area (Å²) in [5.41, 5.74) is -0.0588. The number of hydrogen-bond donors (Lipinski definition) is 3. The van der Waals surface area contributed by atoms with E-state index in [1.165, 1.54) is 50.3 Å². The second-order valence-corrected chi connectivity index (χ2v) is 9.37. The Bertz CT molecular complexity index is 475. The number of rotatable bonds is 4. The van der Waals surface area contributed by atoms with Gasteiger partial charge in [0, 0.05) is 18.0 Å². The van der Waals surface area contributed by atoms with Crippen LogP contribution in [-0.4, -0.2) is 34.6 Å². The SMILES string of the molecule is CC1CC(=O)NC(SCC(=O)NC23CC4CC(CC(C4)C2)C3)N1. The molecule has 1 saturated heterocycles. The van der Waals surface area contributed by atoms with Crippen LogP contribution in [0.1, 0.15) is 51.9 Å². The number of nitrogens with one attached hydrogen (secondary N) is 3. The van der Waals surface area contributed by atoms with Crippen LogP contribution in [0.15, 0.2) is 0 Å². The first kappa shape index (κ1) is 15.8. The highest BCUT2D eigenvalue weighted by Crippen LogP contribution is 2.55. The van der Waals surface area contributed by atoms with E-state index in [0.29, 0.717) is 12.2 Å². The summed E-state index contributed by atoms with van der Waals surface area (Å²) in [5.74, 6) is 3.13. The lowest BCUT2D eigenvalue weighted by Gasteiger charge is -2.56. The van der Waals surface area contributed by atoms with Crippen molar-refractivity contribution >= 4 is 23.6 Å². The maximum absolute atomic E-state index is 12.5. The van der Waals surface area contributed by atoms with E-state index in [0.717, 1.165) is 17.8 Å². The molecule has 3 N–H and O–H groups in total. The van der Waals surface area contributed by atoms with Crippen LogP contribution >= 0.6 is 11.8 Å². The lowest BCUT2D eigenvalue weighted by Crippen LogP contribution is -2.60. The minimum atomic E-state index is -0.145. The van der Waals surface area contributed by atoms with Crippen LogP contribution in [0.5, 0.6) is 0 Å². The maximum atomic E-state index is 12.5. The fourth-order valence-electron chi connectivity index (χ4n) is 5.69. The Morgan fingerprint density at radius 2 is 1.83 bits per heavy atom. The molecular weight excluding hydrogens is 310 g/mol. The molecular formula is C17H27N3O2S. The third-order valence-corrected chi connectivity index (χ3v) is 7.06. The van der Waals surface area contributed by atoms with E-state index in [2.05, 4.69) is 16.0 Å². The van der Waals surface area contributed by atoms with Gasteiger partial charge in [-0.15, -0.1) is 11.8 Å². The molecule has 0 aromatic carbocycles. The normalized spacial score (nSPS) is 44.9. The van der Waals surface area contributed by atoms with Crippen LogP contribution < -0.4 is 16.0 Å². The predicted octanol–water partition coefficient (Wildman–Crippen LogP) is 1.59. The van der Waals surface area contributed by atoms with Crippen molar-refractivity contribution in [1.82, 2.24) is 16.0 Å². The molecule has 5 fully saturated rings. The first-order chi connectivity index (χ1) is 11.0. The summed E-state index contributed by atoms with van der Waals surface area (Å²) in [5, 5.41) is 9.59. The van der Waals surface area contributed by atoms with Gasteiger partial charge in [-0.1, -0.05) is 0 Å². The van der Waals surface area contributed by atoms with Gasteiger partial charge >= 0.3 is 0 Å². The van der Waals surface area contributed by atoms with Gasteiger partial charge in [0.05, 0.1) is 5.75 Å². The molecule has 6 heteroatoms. The summed E-state index contributed by atoms with van der Waals surface area (Å²) in [4.78, 5) is 24.0. The van der Waals surface area contributed by atoms with Crippen LogP contribution in [0.3, 0.4) is 0 Å². The van der Waals surface area contributed by atoms with Gasteiger partial charge in [-0.25, -0.2) is 0 Å². The van der Waals surface area contributed by atoms with Crippen molar-refractivity contribution in [3.05, 3.63) is 0 Å². The van der Waals surface area contributed by atoms with E-state index in [-0.39, 0.29) is 28.9 Å². The highest BCUT2D eigenvalue weighted by atomic mass is 32.2. The van der Waals surface area contributed by atoms with E-state index in [4.69, 9.17) is 0 Å². The maximum Gasteiger partial charge on any atom is 0.230 e. The molecule has 23 heavy (non-hydrogen) atoms. The van der Waals surface area contributed by atoms with E-state index in [1.807, 2.05) is 6.92 Å². The topological polar surface area (TPSA) is 70.2 Å². The second kappa shape index (κ2) is 5.96. The fraction of sp³-hybridized carbons (Fsp3) is 0.882. The molecule has 0 aromatic heterocycles. The zero-order valence-electron chi connectivity index (χ0n) is 13.8. The summed E-state index contributed by atoms with van der Waals surface area (Å²) in [6.45, 7) is 2.00. The van der Waals surface area contributed by atoms with Crippen molar-refractivity contribution in [3.8, 4) is 0 Å². The Balaban J connectivity index is 1.29. The van der Waals surface area contributed by atoms with Crippen LogP contribution in [0.4, 0.5) is 0 Å². The Morgan fingerprint density at radius 3 is 2.39 bits per heavy atom. The first-order valence-corrected chi connectivity index (χ1v) is 10.0. The van der Waals surface area contributed by atoms with Crippen molar-refractivity contribution in [2.75, 3.05) is 5.75 Å². The Hall–Kier alpha value is -0.750. The van der Waals surface area contributed by atoms with Gasteiger partial charge in [0.25, 0.3) is 0 Å². The Kier molecular flexibility index (Phi) is 4.08. The number of carbonyl (C=O) groups excluding carboxylic acids is 2.